The molecule has 0 spiro atoms. The fourth-order valence-electron chi connectivity index (χ4n) is 2.42. The van der Waals surface area contributed by atoms with E-state index in [1.165, 1.54) is 0 Å². The number of nitrogens with one attached hydrogen (secondary N) is 1. The number of carbonyl (C=O) groups is 1. The van der Waals surface area contributed by atoms with Crippen molar-refractivity contribution in [1.29, 1.82) is 0 Å². The molecule has 0 bridgehead atoms. The van der Waals surface area contributed by atoms with Crippen LogP contribution in [0.5, 0.6) is 0 Å². The number of carbonyl (C=O) groups excluding carboxylic acids is 1. The van der Waals surface area contributed by atoms with Crippen LogP contribution in [0.1, 0.15) is 53.4 Å². The first-order chi connectivity index (χ1) is 8.48. The maximum absolute atomic E-state index is 12.5. The Balaban J connectivity index is 2.69. The second kappa shape index (κ2) is 6.80. The molecule has 0 aromatic heterocycles. The largest absolute Gasteiger partial charge is 0.326 e. The minimum absolute atomic E-state index is 0.238. The highest BCUT2D eigenvalue weighted by molar-refractivity contribution is 7.99. The first-order valence-corrected chi connectivity index (χ1v) is 8.38. The first kappa shape index (κ1) is 15.8. The Morgan fingerprint density at radius 2 is 2.17 bits per heavy atom. The fraction of sp³-hybridized carbons (Fsp3) is 0.929. The summed E-state index contributed by atoms with van der Waals surface area (Å²) in [6.45, 7) is 9.41. The normalized spacial score (nSPS) is 29.9. The first-order valence-electron chi connectivity index (χ1n) is 7.10. The molecule has 0 aliphatic carbocycles. The van der Waals surface area contributed by atoms with Crippen LogP contribution >= 0.6 is 11.8 Å². The lowest BCUT2D eigenvalue weighted by atomic mass is 9.99. The van der Waals surface area contributed by atoms with Crippen LogP contribution in [0.3, 0.4) is 0 Å². The number of hydrogen-bond donors (Lipinski definition) is 1. The summed E-state index contributed by atoms with van der Waals surface area (Å²) in [5.41, 5.74) is -0.345. The molecule has 4 heteroatoms. The minimum Gasteiger partial charge on any atom is -0.326 e. The maximum Gasteiger partial charge on any atom is 0.243 e. The van der Waals surface area contributed by atoms with E-state index in [9.17, 15) is 4.79 Å². The van der Waals surface area contributed by atoms with Gasteiger partial charge in [-0.05, 0) is 32.4 Å². The Labute approximate surface area is 116 Å². The Bertz CT molecular complexity index is 285. The van der Waals surface area contributed by atoms with Crippen molar-refractivity contribution < 1.29 is 4.79 Å². The predicted octanol–water partition coefficient (Wildman–Crippen LogP) is 2.85. The zero-order valence-electron chi connectivity index (χ0n) is 12.5. The highest BCUT2D eigenvalue weighted by Crippen LogP contribution is 2.26. The molecule has 3 atom stereocenters. The van der Waals surface area contributed by atoms with Gasteiger partial charge in [-0.3, -0.25) is 10.1 Å². The van der Waals surface area contributed by atoms with E-state index in [2.05, 4.69) is 37.2 Å². The molecule has 0 saturated carbocycles. The Morgan fingerprint density at radius 1 is 1.50 bits per heavy atom. The summed E-state index contributed by atoms with van der Waals surface area (Å²) in [4.78, 5) is 14.6. The van der Waals surface area contributed by atoms with Gasteiger partial charge in [0.1, 0.15) is 0 Å². The third kappa shape index (κ3) is 3.41. The smallest absolute Gasteiger partial charge is 0.243 e. The Morgan fingerprint density at radius 3 is 2.67 bits per heavy atom. The SMILES string of the molecule is CCCC1NC(C)(CC)C(=O)N1CCC(C)SC. The molecule has 1 N–H and O–H groups in total. The van der Waals surface area contributed by atoms with Crippen molar-refractivity contribution in [2.45, 2.75) is 70.3 Å². The molecule has 1 aliphatic heterocycles. The van der Waals surface area contributed by atoms with Crippen LogP contribution < -0.4 is 5.32 Å². The minimum atomic E-state index is -0.345. The van der Waals surface area contributed by atoms with Gasteiger partial charge in [-0.2, -0.15) is 11.8 Å². The van der Waals surface area contributed by atoms with Crippen LogP contribution in [0, 0.1) is 0 Å². The molecule has 3 nitrogen and oxygen atoms in total. The van der Waals surface area contributed by atoms with Gasteiger partial charge in [-0.15, -0.1) is 0 Å². The second-order valence-electron chi connectivity index (χ2n) is 5.47. The van der Waals surface area contributed by atoms with Crippen LogP contribution in [-0.4, -0.2) is 40.6 Å². The van der Waals surface area contributed by atoms with E-state index in [-0.39, 0.29) is 17.6 Å². The molecule has 1 aliphatic rings. The van der Waals surface area contributed by atoms with Gasteiger partial charge in [0.05, 0.1) is 11.7 Å². The maximum atomic E-state index is 12.5. The van der Waals surface area contributed by atoms with Crippen molar-refractivity contribution in [2.24, 2.45) is 0 Å². The summed E-state index contributed by atoms with van der Waals surface area (Å²) in [5.74, 6) is 0.289. The van der Waals surface area contributed by atoms with Crippen molar-refractivity contribution in [2.75, 3.05) is 12.8 Å². The zero-order chi connectivity index (χ0) is 13.8. The summed E-state index contributed by atoms with van der Waals surface area (Å²) in [6.07, 6.45) is 6.47. The van der Waals surface area contributed by atoms with E-state index >= 15 is 0 Å². The highest BCUT2D eigenvalue weighted by Gasteiger charge is 2.45. The van der Waals surface area contributed by atoms with Gasteiger partial charge in [0, 0.05) is 11.8 Å². The molecule has 106 valence electrons. The monoisotopic (exact) mass is 272 g/mol. The molecule has 1 amide bonds. The molecule has 1 saturated heterocycles. The average Bonchev–Trinajstić information content (AvgIpc) is 2.60. The molecule has 1 heterocycles. The van der Waals surface area contributed by atoms with E-state index < -0.39 is 0 Å². The quantitative estimate of drug-likeness (QED) is 0.773. The molecule has 18 heavy (non-hydrogen) atoms. The van der Waals surface area contributed by atoms with Crippen LogP contribution in [0.15, 0.2) is 0 Å². The average molecular weight is 272 g/mol. The molecular weight excluding hydrogens is 244 g/mol. The molecule has 1 rings (SSSR count). The van der Waals surface area contributed by atoms with Crippen molar-refractivity contribution in [3.05, 3.63) is 0 Å². The van der Waals surface area contributed by atoms with Crippen molar-refractivity contribution in [1.82, 2.24) is 10.2 Å². The highest BCUT2D eigenvalue weighted by atomic mass is 32.2. The lowest BCUT2D eigenvalue weighted by molar-refractivity contribution is -0.133. The third-order valence-corrected chi connectivity index (χ3v) is 5.08. The number of thioether (sulfide) groups is 1. The van der Waals surface area contributed by atoms with Gasteiger partial charge in [0.15, 0.2) is 0 Å². The predicted molar refractivity (Wildman–Crippen MR) is 79.8 cm³/mol. The van der Waals surface area contributed by atoms with E-state index in [0.29, 0.717) is 5.25 Å². The molecule has 0 aromatic rings. The van der Waals surface area contributed by atoms with E-state index in [1.807, 2.05) is 18.7 Å². The zero-order valence-corrected chi connectivity index (χ0v) is 13.3. The summed E-state index contributed by atoms with van der Waals surface area (Å²) in [6, 6.07) is 0. The molecule has 3 unspecified atom stereocenters. The second-order valence-corrected chi connectivity index (χ2v) is 6.74. The standard InChI is InChI=1S/C14H28N2OS/c1-6-8-12-15-14(4,7-2)13(17)16(12)10-9-11(3)18-5/h11-12,15H,6-10H2,1-5H3. The van der Waals surface area contributed by atoms with Crippen molar-refractivity contribution in [3.63, 3.8) is 0 Å². The molecule has 0 aromatic carbocycles. The molecule has 0 radical (unpaired) electrons. The lowest BCUT2D eigenvalue weighted by Crippen LogP contribution is -2.43. The number of nitrogens with zero attached hydrogens (tertiary/aromatic N) is 1. The van der Waals surface area contributed by atoms with E-state index in [1.54, 1.807) is 0 Å². The van der Waals surface area contributed by atoms with Gasteiger partial charge in [-0.25, -0.2) is 0 Å². The Hall–Kier alpha value is -0.220. The van der Waals surface area contributed by atoms with Crippen LogP contribution in [0.25, 0.3) is 0 Å². The van der Waals surface area contributed by atoms with Crippen molar-refractivity contribution >= 4 is 17.7 Å². The number of amides is 1. The van der Waals surface area contributed by atoms with Gasteiger partial charge in [0.2, 0.25) is 5.91 Å². The van der Waals surface area contributed by atoms with E-state index in [0.717, 1.165) is 32.2 Å². The fourth-order valence-corrected chi connectivity index (χ4v) is 2.76. The van der Waals surface area contributed by atoms with Crippen LogP contribution in [0.4, 0.5) is 0 Å². The van der Waals surface area contributed by atoms with Gasteiger partial charge >= 0.3 is 0 Å². The van der Waals surface area contributed by atoms with E-state index in [4.69, 9.17) is 0 Å². The summed E-state index contributed by atoms with van der Waals surface area (Å²) < 4.78 is 0. The van der Waals surface area contributed by atoms with Gasteiger partial charge < -0.3 is 4.90 Å². The number of rotatable bonds is 7. The topological polar surface area (TPSA) is 32.3 Å². The molecular formula is C14H28N2OS. The third-order valence-electron chi connectivity index (χ3n) is 4.04. The number of hydrogen-bond acceptors (Lipinski definition) is 3. The lowest BCUT2D eigenvalue weighted by Gasteiger charge is -2.25. The summed E-state index contributed by atoms with van der Waals surface area (Å²) >= 11 is 1.87. The van der Waals surface area contributed by atoms with Crippen LogP contribution in [0.2, 0.25) is 0 Å². The van der Waals surface area contributed by atoms with Gasteiger partial charge in [-0.1, -0.05) is 27.2 Å². The Kier molecular flexibility index (Phi) is 5.99. The van der Waals surface area contributed by atoms with Gasteiger partial charge in [0.25, 0.3) is 0 Å². The summed E-state index contributed by atoms with van der Waals surface area (Å²) in [5, 5.41) is 4.15. The van der Waals surface area contributed by atoms with Crippen LogP contribution in [-0.2, 0) is 4.79 Å². The molecule has 1 fully saturated rings. The summed E-state index contributed by atoms with van der Waals surface area (Å²) in [7, 11) is 0. The van der Waals surface area contributed by atoms with Crippen molar-refractivity contribution in [3.8, 4) is 0 Å².